The number of carboxylic acids is 2. The Hall–Kier alpha value is -1.18. The zero-order chi connectivity index (χ0) is 13.8. The number of rotatable bonds is 12. The Bertz CT molecular complexity index is 230. The number of nitrogens with zero attached hydrogens (tertiary/aromatic N) is 1. The molecule has 4 N–H and O–H groups in total. The fourth-order valence-electron chi connectivity index (χ4n) is 1.42. The lowest BCUT2D eigenvalue weighted by atomic mass is 10.3. The number of carbonyl (C=O) groups is 2. The number of carboxylic acid groups (broad SMARTS) is 2. The van der Waals surface area contributed by atoms with Crippen LogP contribution in [-0.4, -0.2) is 73.4 Å². The normalized spacial score (nSPS) is 10.8. The van der Waals surface area contributed by atoms with E-state index < -0.39 is 11.9 Å². The molecule has 0 atom stereocenters. The summed E-state index contributed by atoms with van der Waals surface area (Å²) >= 11 is 0. The van der Waals surface area contributed by atoms with Gasteiger partial charge in [0.05, 0.1) is 12.8 Å². The lowest BCUT2D eigenvalue weighted by Crippen LogP contribution is -2.36. The third kappa shape index (κ3) is 11.3. The zero-order valence-electron chi connectivity index (χ0n) is 10.8. The highest BCUT2D eigenvalue weighted by Gasteiger charge is 2.09. The quantitative estimate of drug-likeness (QED) is 0.336. The van der Waals surface area contributed by atoms with Gasteiger partial charge in [-0.2, -0.15) is 0 Å². The van der Waals surface area contributed by atoms with Crippen molar-refractivity contribution < 1.29 is 19.8 Å². The lowest BCUT2D eigenvalue weighted by molar-refractivity contribution is -0.137. The fraction of sp³-hybridized carbons (Fsp3) is 0.818. The van der Waals surface area contributed by atoms with Crippen molar-refractivity contribution in [3.8, 4) is 0 Å². The first-order valence-corrected chi connectivity index (χ1v) is 6.07. The van der Waals surface area contributed by atoms with Gasteiger partial charge >= 0.3 is 11.9 Å². The first-order valence-electron chi connectivity index (χ1n) is 6.07. The van der Waals surface area contributed by atoms with Gasteiger partial charge in [0.1, 0.15) is 0 Å². The highest BCUT2D eigenvalue weighted by Crippen LogP contribution is 1.94. The Labute approximate surface area is 107 Å². The molecular formula is C11H23N3O4. The molecule has 0 aromatic carbocycles. The number of aliphatic carboxylic acids is 2. The van der Waals surface area contributed by atoms with E-state index in [-0.39, 0.29) is 12.8 Å². The van der Waals surface area contributed by atoms with E-state index >= 15 is 0 Å². The van der Waals surface area contributed by atoms with Crippen LogP contribution in [0, 0.1) is 0 Å². The SMILES string of the molecule is CNCCNCCN(CCC(=O)O)CCC(=O)O. The summed E-state index contributed by atoms with van der Waals surface area (Å²) in [5, 5.41) is 23.4. The van der Waals surface area contributed by atoms with E-state index in [9.17, 15) is 9.59 Å². The molecule has 7 heteroatoms. The van der Waals surface area contributed by atoms with Gasteiger partial charge < -0.3 is 25.7 Å². The van der Waals surface area contributed by atoms with Crippen LogP contribution in [0.1, 0.15) is 12.8 Å². The first-order chi connectivity index (χ1) is 8.56. The molecule has 0 unspecified atom stereocenters. The van der Waals surface area contributed by atoms with E-state index in [0.29, 0.717) is 19.6 Å². The van der Waals surface area contributed by atoms with Crippen molar-refractivity contribution in [2.45, 2.75) is 12.8 Å². The third-order valence-corrected chi connectivity index (χ3v) is 2.44. The van der Waals surface area contributed by atoms with E-state index in [0.717, 1.165) is 19.6 Å². The monoisotopic (exact) mass is 261 g/mol. The van der Waals surface area contributed by atoms with Gasteiger partial charge in [0, 0.05) is 39.3 Å². The van der Waals surface area contributed by atoms with Gasteiger partial charge in [-0.1, -0.05) is 0 Å². The molecule has 0 rings (SSSR count). The Morgan fingerprint density at radius 3 is 1.94 bits per heavy atom. The molecule has 0 fully saturated rings. The largest absolute Gasteiger partial charge is 0.481 e. The van der Waals surface area contributed by atoms with Gasteiger partial charge in [0.25, 0.3) is 0 Å². The van der Waals surface area contributed by atoms with Crippen LogP contribution in [0.2, 0.25) is 0 Å². The van der Waals surface area contributed by atoms with E-state index in [1.54, 1.807) is 0 Å². The molecule has 0 saturated carbocycles. The Balaban J connectivity index is 3.80. The minimum absolute atomic E-state index is 0.0378. The Kier molecular flexibility index (Phi) is 10.2. The smallest absolute Gasteiger partial charge is 0.304 e. The van der Waals surface area contributed by atoms with Crippen LogP contribution in [0.3, 0.4) is 0 Å². The van der Waals surface area contributed by atoms with Crippen molar-refractivity contribution in [1.29, 1.82) is 0 Å². The van der Waals surface area contributed by atoms with Crippen LogP contribution in [0.5, 0.6) is 0 Å². The minimum Gasteiger partial charge on any atom is -0.481 e. The van der Waals surface area contributed by atoms with Crippen molar-refractivity contribution >= 4 is 11.9 Å². The number of nitrogens with one attached hydrogen (secondary N) is 2. The zero-order valence-corrected chi connectivity index (χ0v) is 10.8. The maximum absolute atomic E-state index is 10.5. The standard InChI is InChI=1S/C11H23N3O4/c1-12-4-5-13-6-9-14(7-2-10(15)16)8-3-11(17)18/h12-13H,2-9H2,1H3,(H,15,16)(H,17,18). The van der Waals surface area contributed by atoms with Crippen molar-refractivity contribution in [2.24, 2.45) is 0 Å². The van der Waals surface area contributed by atoms with Crippen molar-refractivity contribution in [1.82, 2.24) is 15.5 Å². The summed E-state index contributed by atoms with van der Waals surface area (Å²) < 4.78 is 0. The van der Waals surface area contributed by atoms with Gasteiger partial charge in [0.15, 0.2) is 0 Å². The van der Waals surface area contributed by atoms with Gasteiger partial charge in [0.2, 0.25) is 0 Å². The summed E-state index contributed by atoms with van der Waals surface area (Å²) in [4.78, 5) is 22.8. The van der Waals surface area contributed by atoms with E-state index in [4.69, 9.17) is 10.2 Å². The molecule has 0 heterocycles. The molecule has 0 spiro atoms. The lowest BCUT2D eigenvalue weighted by Gasteiger charge is -2.20. The topological polar surface area (TPSA) is 102 Å². The van der Waals surface area contributed by atoms with Crippen LogP contribution in [0.4, 0.5) is 0 Å². The van der Waals surface area contributed by atoms with Crippen LogP contribution in [0.25, 0.3) is 0 Å². The van der Waals surface area contributed by atoms with Crippen LogP contribution >= 0.6 is 0 Å². The van der Waals surface area contributed by atoms with Crippen molar-refractivity contribution in [3.05, 3.63) is 0 Å². The summed E-state index contributed by atoms with van der Waals surface area (Å²) in [7, 11) is 1.87. The van der Waals surface area contributed by atoms with Crippen LogP contribution in [0.15, 0.2) is 0 Å². The molecule has 106 valence electrons. The van der Waals surface area contributed by atoms with Gasteiger partial charge in [-0.3, -0.25) is 9.59 Å². The Morgan fingerprint density at radius 2 is 1.50 bits per heavy atom. The molecule has 18 heavy (non-hydrogen) atoms. The molecular weight excluding hydrogens is 238 g/mol. The van der Waals surface area contributed by atoms with Gasteiger partial charge in [-0.15, -0.1) is 0 Å². The molecule has 0 aromatic heterocycles. The maximum Gasteiger partial charge on any atom is 0.304 e. The number of likely N-dealkylation sites (N-methyl/N-ethyl adjacent to an activating group) is 1. The second-order valence-corrected chi connectivity index (χ2v) is 3.98. The highest BCUT2D eigenvalue weighted by molar-refractivity contribution is 5.67. The van der Waals surface area contributed by atoms with Crippen LogP contribution < -0.4 is 10.6 Å². The van der Waals surface area contributed by atoms with Crippen molar-refractivity contribution in [3.63, 3.8) is 0 Å². The summed E-state index contributed by atoms with van der Waals surface area (Å²) in [6, 6.07) is 0. The second-order valence-electron chi connectivity index (χ2n) is 3.98. The van der Waals surface area contributed by atoms with E-state index in [2.05, 4.69) is 10.6 Å². The average Bonchev–Trinajstić information content (AvgIpc) is 2.30. The molecule has 7 nitrogen and oxygen atoms in total. The van der Waals surface area contributed by atoms with Crippen LogP contribution in [-0.2, 0) is 9.59 Å². The summed E-state index contributed by atoms with van der Waals surface area (Å²) in [5.74, 6) is -1.73. The maximum atomic E-state index is 10.5. The van der Waals surface area contributed by atoms with Gasteiger partial charge in [-0.05, 0) is 7.05 Å². The first kappa shape index (κ1) is 16.8. The Morgan fingerprint density at radius 1 is 0.944 bits per heavy atom. The minimum atomic E-state index is -0.863. The predicted octanol–water partition coefficient (Wildman–Crippen LogP) is -0.953. The average molecular weight is 261 g/mol. The molecule has 0 amide bonds. The molecule has 0 aliphatic heterocycles. The van der Waals surface area contributed by atoms with E-state index in [1.165, 1.54) is 0 Å². The third-order valence-electron chi connectivity index (χ3n) is 2.44. The summed E-state index contributed by atoms with van der Waals surface area (Å²) in [6.07, 6.45) is 0.0757. The molecule has 0 saturated heterocycles. The summed E-state index contributed by atoms with van der Waals surface area (Å²) in [5.41, 5.74) is 0. The number of hydrogen-bond acceptors (Lipinski definition) is 5. The molecule has 0 aromatic rings. The molecule has 0 bridgehead atoms. The fourth-order valence-corrected chi connectivity index (χ4v) is 1.42. The summed E-state index contributed by atoms with van der Waals surface area (Å²) in [6.45, 7) is 3.85. The molecule has 0 aliphatic carbocycles. The molecule has 0 aliphatic rings. The molecule has 0 radical (unpaired) electrons. The van der Waals surface area contributed by atoms with Gasteiger partial charge in [-0.25, -0.2) is 0 Å². The highest BCUT2D eigenvalue weighted by atomic mass is 16.4. The number of hydrogen-bond donors (Lipinski definition) is 4. The van der Waals surface area contributed by atoms with E-state index in [1.807, 2.05) is 11.9 Å². The second kappa shape index (κ2) is 10.9. The predicted molar refractivity (Wildman–Crippen MR) is 67.7 cm³/mol. The van der Waals surface area contributed by atoms with Crippen molar-refractivity contribution in [2.75, 3.05) is 46.3 Å².